The average molecular weight is 223 g/mol. The molecular weight excluding hydrogens is 214 g/mol. The van der Waals surface area contributed by atoms with Crippen LogP contribution >= 0.6 is 11.3 Å². The van der Waals surface area contributed by atoms with Gasteiger partial charge in [0.1, 0.15) is 11.3 Å². The van der Waals surface area contributed by atoms with Crippen LogP contribution in [0.25, 0.3) is 10.2 Å². The molecule has 1 N–H and O–H groups in total. The molecule has 0 fully saturated rings. The van der Waals surface area contributed by atoms with Gasteiger partial charge >= 0.3 is 5.97 Å². The molecule has 2 aromatic rings. The maximum atomic E-state index is 11.1. The van der Waals surface area contributed by atoms with Crippen molar-refractivity contribution in [3.63, 3.8) is 0 Å². The summed E-state index contributed by atoms with van der Waals surface area (Å²) in [5, 5.41) is 9.11. The zero-order chi connectivity index (χ0) is 10.8. The monoisotopic (exact) mass is 223 g/mol. The average Bonchev–Trinajstić information content (AvgIpc) is 2.64. The number of ether oxygens (including phenoxy) is 1. The topological polar surface area (TPSA) is 59.4 Å². The molecule has 0 saturated heterocycles. The standard InChI is InChI=1S/C10H9NO3S/c1-2-14-7-4-3-6-9(15-5-11-6)8(7)10(12)13/h3-5H,2H2,1H3,(H,12,13). The molecule has 0 saturated carbocycles. The van der Waals surface area contributed by atoms with Crippen LogP contribution in [0.1, 0.15) is 17.3 Å². The normalized spacial score (nSPS) is 10.5. The van der Waals surface area contributed by atoms with E-state index < -0.39 is 5.97 Å². The molecule has 0 aliphatic carbocycles. The van der Waals surface area contributed by atoms with Gasteiger partial charge in [0.15, 0.2) is 0 Å². The summed E-state index contributed by atoms with van der Waals surface area (Å²) in [4.78, 5) is 15.2. The smallest absolute Gasteiger partial charge is 0.341 e. The number of nitrogens with zero attached hydrogens (tertiary/aromatic N) is 1. The SMILES string of the molecule is CCOc1ccc2ncsc2c1C(=O)O. The Bertz CT molecular complexity index is 506. The van der Waals surface area contributed by atoms with Gasteiger partial charge in [0.2, 0.25) is 0 Å². The molecule has 0 unspecified atom stereocenters. The van der Waals surface area contributed by atoms with E-state index in [0.29, 0.717) is 22.6 Å². The molecule has 0 aliphatic heterocycles. The number of carboxylic acid groups (broad SMARTS) is 1. The van der Waals surface area contributed by atoms with Crippen LogP contribution in [0, 0.1) is 0 Å². The Balaban J connectivity index is 2.69. The van der Waals surface area contributed by atoms with Crippen molar-refractivity contribution in [2.24, 2.45) is 0 Å². The van der Waals surface area contributed by atoms with Crippen LogP contribution in [-0.4, -0.2) is 22.7 Å². The first-order valence-corrected chi connectivity index (χ1v) is 5.34. The number of benzene rings is 1. The maximum Gasteiger partial charge on any atom is 0.341 e. The summed E-state index contributed by atoms with van der Waals surface area (Å²) in [7, 11) is 0. The third-order valence-electron chi connectivity index (χ3n) is 1.97. The molecule has 0 atom stereocenters. The van der Waals surface area contributed by atoms with E-state index in [0.717, 1.165) is 0 Å². The van der Waals surface area contributed by atoms with Crippen LogP contribution < -0.4 is 4.74 Å². The Kier molecular flexibility index (Phi) is 2.55. The van der Waals surface area contributed by atoms with Crippen molar-refractivity contribution in [3.05, 3.63) is 23.2 Å². The van der Waals surface area contributed by atoms with Gasteiger partial charge in [0.25, 0.3) is 0 Å². The Morgan fingerprint density at radius 2 is 2.40 bits per heavy atom. The summed E-state index contributed by atoms with van der Waals surface area (Å²) in [5.41, 5.74) is 2.53. The van der Waals surface area contributed by atoms with Crippen LogP contribution in [0.3, 0.4) is 0 Å². The Hall–Kier alpha value is -1.62. The minimum atomic E-state index is -0.978. The van der Waals surface area contributed by atoms with Crippen molar-refractivity contribution in [1.82, 2.24) is 4.98 Å². The van der Waals surface area contributed by atoms with Crippen LogP contribution in [0.4, 0.5) is 0 Å². The van der Waals surface area contributed by atoms with Crippen LogP contribution in [0.2, 0.25) is 0 Å². The Labute approximate surface area is 90.1 Å². The van der Waals surface area contributed by atoms with Crippen molar-refractivity contribution in [3.8, 4) is 5.75 Å². The predicted octanol–water partition coefficient (Wildman–Crippen LogP) is 2.39. The van der Waals surface area contributed by atoms with Crippen molar-refractivity contribution < 1.29 is 14.6 Å². The molecule has 0 spiro atoms. The number of rotatable bonds is 3. The van der Waals surface area contributed by atoms with Gasteiger partial charge in [0, 0.05) is 0 Å². The molecule has 1 aromatic carbocycles. The van der Waals surface area contributed by atoms with E-state index >= 15 is 0 Å². The molecule has 15 heavy (non-hydrogen) atoms. The van der Waals surface area contributed by atoms with Gasteiger partial charge in [-0.1, -0.05) is 0 Å². The second kappa shape index (κ2) is 3.86. The van der Waals surface area contributed by atoms with Crippen molar-refractivity contribution in [2.45, 2.75) is 6.92 Å². The molecule has 78 valence electrons. The van der Waals surface area contributed by atoms with Gasteiger partial charge in [-0.25, -0.2) is 9.78 Å². The molecular formula is C10H9NO3S. The zero-order valence-electron chi connectivity index (χ0n) is 8.06. The lowest BCUT2D eigenvalue weighted by Gasteiger charge is -2.06. The zero-order valence-corrected chi connectivity index (χ0v) is 8.87. The summed E-state index contributed by atoms with van der Waals surface area (Å²) < 4.78 is 5.93. The van der Waals surface area contributed by atoms with E-state index in [4.69, 9.17) is 9.84 Å². The minimum absolute atomic E-state index is 0.205. The molecule has 4 nitrogen and oxygen atoms in total. The lowest BCUT2D eigenvalue weighted by molar-refractivity contribution is 0.0695. The van der Waals surface area contributed by atoms with E-state index in [9.17, 15) is 4.79 Å². The van der Waals surface area contributed by atoms with Crippen LogP contribution in [-0.2, 0) is 0 Å². The number of fused-ring (bicyclic) bond motifs is 1. The number of aromatic carboxylic acids is 1. The second-order valence-corrected chi connectivity index (χ2v) is 3.73. The van der Waals surface area contributed by atoms with Crippen molar-refractivity contribution in [1.29, 1.82) is 0 Å². The van der Waals surface area contributed by atoms with Gasteiger partial charge < -0.3 is 9.84 Å². The first kappa shape index (κ1) is 9.92. The first-order valence-electron chi connectivity index (χ1n) is 4.46. The third kappa shape index (κ3) is 1.66. The van der Waals surface area contributed by atoms with E-state index in [2.05, 4.69) is 4.98 Å². The summed E-state index contributed by atoms with van der Waals surface area (Å²) in [5.74, 6) is -0.574. The van der Waals surface area contributed by atoms with E-state index in [1.807, 2.05) is 6.92 Å². The number of carbonyl (C=O) groups is 1. The lowest BCUT2D eigenvalue weighted by atomic mass is 10.2. The molecule has 0 aliphatic rings. The maximum absolute atomic E-state index is 11.1. The lowest BCUT2D eigenvalue weighted by Crippen LogP contribution is -2.02. The Morgan fingerprint density at radius 1 is 1.60 bits per heavy atom. The highest BCUT2D eigenvalue weighted by Gasteiger charge is 2.16. The molecule has 2 rings (SSSR count). The van der Waals surface area contributed by atoms with Crippen LogP contribution in [0.5, 0.6) is 5.75 Å². The van der Waals surface area contributed by atoms with Gasteiger partial charge in [-0.15, -0.1) is 11.3 Å². The Morgan fingerprint density at radius 3 is 3.07 bits per heavy atom. The number of thiazole rings is 1. The molecule has 0 bridgehead atoms. The first-order chi connectivity index (χ1) is 7.24. The summed E-state index contributed by atoms with van der Waals surface area (Å²) in [6.45, 7) is 2.27. The fourth-order valence-corrected chi connectivity index (χ4v) is 2.21. The fraction of sp³-hybridized carbons (Fsp3) is 0.200. The largest absolute Gasteiger partial charge is 0.493 e. The summed E-state index contributed by atoms with van der Waals surface area (Å²) >= 11 is 1.31. The highest BCUT2D eigenvalue weighted by molar-refractivity contribution is 7.17. The van der Waals surface area contributed by atoms with E-state index in [-0.39, 0.29) is 5.56 Å². The quantitative estimate of drug-likeness (QED) is 0.867. The number of carboxylic acids is 1. The summed E-state index contributed by atoms with van der Waals surface area (Å²) in [6.07, 6.45) is 0. The van der Waals surface area contributed by atoms with E-state index in [1.54, 1.807) is 17.6 Å². The second-order valence-electron chi connectivity index (χ2n) is 2.88. The minimum Gasteiger partial charge on any atom is -0.493 e. The molecule has 1 aromatic heterocycles. The fourth-order valence-electron chi connectivity index (χ4n) is 1.39. The summed E-state index contributed by atoms with van der Waals surface area (Å²) in [6, 6.07) is 3.41. The number of hydrogen-bond acceptors (Lipinski definition) is 4. The van der Waals surface area contributed by atoms with Crippen LogP contribution in [0.15, 0.2) is 17.6 Å². The molecule has 1 heterocycles. The highest BCUT2D eigenvalue weighted by Crippen LogP contribution is 2.30. The highest BCUT2D eigenvalue weighted by atomic mass is 32.1. The van der Waals surface area contributed by atoms with Gasteiger partial charge in [-0.05, 0) is 19.1 Å². The molecule has 5 heteroatoms. The molecule has 0 amide bonds. The van der Waals surface area contributed by atoms with E-state index in [1.165, 1.54) is 11.3 Å². The number of hydrogen-bond donors (Lipinski definition) is 1. The number of aromatic nitrogens is 1. The van der Waals surface area contributed by atoms with Gasteiger partial charge in [-0.2, -0.15) is 0 Å². The van der Waals surface area contributed by atoms with Gasteiger partial charge in [-0.3, -0.25) is 0 Å². The third-order valence-corrected chi connectivity index (χ3v) is 2.83. The predicted molar refractivity (Wildman–Crippen MR) is 57.7 cm³/mol. The van der Waals surface area contributed by atoms with Crippen molar-refractivity contribution in [2.75, 3.05) is 6.61 Å². The van der Waals surface area contributed by atoms with Crippen molar-refractivity contribution >= 4 is 27.5 Å². The van der Waals surface area contributed by atoms with Gasteiger partial charge in [0.05, 0.1) is 22.3 Å². The molecule has 0 radical (unpaired) electrons.